The van der Waals surface area contributed by atoms with Gasteiger partial charge in [0.05, 0.1) is 11.4 Å². The first kappa shape index (κ1) is 15.7. The van der Waals surface area contributed by atoms with Crippen molar-refractivity contribution in [2.24, 2.45) is 0 Å². The van der Waals surface area contributed by atoms with E-state index in [1.807, 2.05) is 30.3 Å². The van der Waals surface area contributed by atoms with Crippen molar-refractivity contribution in [3.8, 4) is 22.8 Å². The summed E-state index contributed by atoms with van der Waals surface area (Å²) in [5.74, 6) is -0.419. The van der Waals surface area contributed by atoms with Crippen LogP contribution in [0.1, 0.15) is 16.1 Å². The van der Waals surface area contributed by atoms with Crippen molar-refractivity contribution in [2.75, 3.05) is 0 Å². The Hall–Kier alpha value is -3.81. The Morgan fingerprint density at radius 2 is 1.92 bits per heavy atom. The van der Waals surface area contributed by atoms with E-state index in [4.69, 9.17) is 13.7 Å². The van der Waals surface area contributed by atoms with Gasteiger partial charge in [0.1, 0.15) is 12.9 Å². The van der Waals surface area contributed by atoms with Gasteiger partial charge in [0.2, 0.25) is 0 Å². The standard InChI is InChI=1S/C18H12N4O4/c23-18(16-17(25-11-21-16)15-6-8-26-22-15)24-10-12-4-5-14(20-9-12)13-3-1-2-7-19-13/h1-9,11H,10H2. The molecule has 128 valence electrons. The Morgan fingerprint density at radius 1 is 1.00 bits per heavy atom. The molecule has 0 saturated heterocycles. The first-order valence-electron chi connectivity index (χ1n) is 7.69. The Balaban J connectivity index is 1.43. The van der Waals surface area contributed by atoms with E-state index in [0.29, 0.717) is 5.69 Å². The number of hydrogen-bond acceptors (Lipinski definition) is 8. The molecule has 26 heavy (non-hydrogen) atoms. The summed E-state index contributed by atoms with van der Waals surface area (Å²) in [6.45, 7) is 0.0550. The minimum atomic E-state index is -0.620. The van der Waals surface area contributed by atoms with Gasteiger partial charge in [-0.25, -0.2) is 9.78 Å². The average Bonchev–Trinajstić information content (AvgIpc) is 3.38. The second-order valence-corrected chi connectivity index (χ2v) is 5.26. The number of hydrogen-bond donors (Lipinski definition) is 0. The second-order valence-electron chi connectivity index (χ2n) is 5.26. The number of nitrogens with zero attached hydrogens (tertiary/aromatic N) is 4. The van der Waals surface area contributed by atoms with Crippen molar-refractivity contribution in [3.05, 3.63) is 72.7 Å². The van der Waals surface area contributed by atoms with Crippen LogP contribution in [0.5, 0.6) is 0 Å². The molecule has 0 amide bonds. The summed E-state index contributed by atoms with van der Waals surface area (Å²) < 4.78 is 15.2. The highest BCUT2D eigenvalue weighted by atomic mass is 16.5. The first-order chi connectivity index (χ1) is 12.8. The molecule has 8 heteroatoms. The van der Waals surface area contributed by atoms with E-state index in [-0.39, 0.29) is 18.1 Å². The molecule has 0 bridgehead atoms. The lowest BCUT2D eigenvalue weighted by Crippen LogP contribution is -2.07. The van der Waals surface area contributed by atoms with Crippen molar-refractivity contribution in [3.63, 3.8) is 0 Å². The predicted octanol–water partition coefficient (Wildman–Crippen LogP) is 3.14. The number of aromatic nitrogens is 4. The van der Waals surface area contributed by atoms with Gasteiger partial charge in [-0.3, -0.25) is 9.97 Å². The van der Waals surface area contributed by atoms with Crippen LogP contribution in [0, 0.1) is 0 Å². The molecule has 0 fully saturated rings. The van der Waals surface area contributed by atoms with Gasteiger partial charge in [0.25, 0.3) is 0 Å². The van der Waals surface area contributed by atoms with E-state index < -0.39 is 5.97 Å². The van der Waals surface area contributed by atoms with E-state index in [0.717, 1.165) is 23.3 Å². The number of rotatable bonds is 5. The quantitative estimate of drug-likeness (QED) is 0.507. The predicted molar refractivity (Wildman–Crippen MR) is 88.6 cm³/mol. The molecule has 0 spiro atoms. The third-order valence-electron chi connectivity index (χ3n) is 3.55. The highest BCUT2D eigenvalue weighted by Crippen LogP contribution is 2.22. The molecule has 0 N–H and O–H groups in total. The normalized spacial score (nSPS) is 10.6. The molecule has 0 aliphatic heterocycles. The summed E-state index contributed by atoms with van der Waals surface area (Å²) in [7, 11) is 0. The highest BCUT2D eigenvalue weighted by Gasteiger charge is 2.21. The van der Waals surface area contributed by atoms with Crippen LogP contribution in [0.3, 0.4) is 0 Å². The lowest BCUT2D eigenvalue weighted by atomic mass is 10.2. The molecular formula is C18H12N4O4. The van der Waals surface area contributed by atoms with Crippen LogP contribution >= 0.6 is 0 Å². The van der Waals surface area contributed by atoms with E-state index in [9.17, 15) is 4.79 Å². The third kappa shape index (κ3) is 3.20. The van der Waals surface area contributed by atoms with E-state index in [2.05, 4.69) is 20.1 Å². The van der Waals surface area contributed by atoms with E-state index in [1.165, 1.54) is 6.26 Å². The van der Waals surface area contributed by atoms with Gasteiger partial charge in [0.15, 0.2) is 23.5 Å². The number of esters is 1. The summed E-state index contributed by atoms with van der Waals surface area (Å²) >= 11 is 0. The van der Waals surface area contributed by atoms with Crippen LogP contribution in [0.4, 0.5) is 0 Å². The average molecular weight is 348 g/mol. The zero-order valence-electron chi connectivity index (χ0n) is 13.4. The van der Waals surface area contributed by atoms with Crippen molar-refractivity contribution in [1.82, 2.24) is 20.1 Å². The van der Waals surface area contributed by atoms with Crippen LogP contribution in [0.25, 0.3) is 22.8 Å². The molecule has 4 heterocycles. The van der Waals surface area contributed by atoms with Gasteiger partial charge in [-0.2, -0.15) is 0 Å². The molecule has 0 aliphatic carbocycles. The summed E-state index contributed by atoms with van der Waals surface area (Å²) in [6, 6.07) is 10.8. The fourth-order valence-corrected chi connectivity index (χ4v) is 2.30. The van der Waals surface area contributed by atoms with Gasteiger partial charge >= 0.3 is 5.97 Å². The van der Waals surface area contributed by atoms with Crippen LogP contribution in [0.2, 0.25) is 0 Å². The molecule has 0 aromatic carbocycles. The van der Waals surface area contributed by atoms with Gasteiger partial charge in [-0.05, 0) is 18.2 Å². The van der Waals surface area contributed by atoms with Crippen LogP contribution in [-0.4, -0.2) is 26.1 Å². The van der Waals surface area contributed by atoms with Gasteiger partial charge < -0.3 is 13.7 Å². The smallest absolute Gasteiger partial charge is 0.361 e. The van der Waals surface area contributed by atoms with E-state index in [1.54, 1.807) is 18.5 Å². The second kappa shape index (κ2) is 6.98. The van der Waals surface area contributed by atoms with Gasteiger partial charge in [0, 0.05) is 24.0 Å². The minimum absolute atomic E-state index is 0.0389. The van der Waals surface area contributed by atoms with Gasteiger partial charge in [-0.15, -0.1) is 0 Å². The zero-order valence-corrected chi connectivity index (χ0v) is 13.4. The fourth-order valence-electron chi connectivity index (χ4n) is 2.30. The maximum Gasteiger partial charge on any atom is 0.361 e. The number of ether oxygens (including phenoxy) is 1. The molecule has 4 aromatic heterocycles. The molecule has 0 unspecified atom stereocenters. The number of carbonyl (C=O) groups is 1. The largest absolute Gasteiger partial charge is 0.456 e. The number of carbonyl (C=O) groups excluding carboxylic acids is 1. The molecule has 0 atom stereocenters. The summed E-state index contributed by atoms with van der Waals surface area (Å²) in [5.41, 5.74) is 2.67. The highest BCUT2D eigenvalue weighted by molar-refractivity contribution is 5.92. The fraction of sp³-hybridized carbons (Fsp3) is 0.0556. The Bertz CT molecular complexity index is 995. The van der Waals surface area contributed by atoms with Crippen molar-refractivity contribution in [1.29, 1.82) is 0 Å². The SMILES string of the molecule is O=C(OCc1ccc(-c2ccccn2)nc1)c1ncoc1-c1ccon1. The van der Waals surface area contributed by atoms with Crippen molar-refractivity contribution >= 4 is 5.97 Å². The molecule has 4 aromatic rings. The Morgan fingerprint density at radius 3 is 2.65 bits per heavy atom. The van der Waals surface area contributed by atoms with E-state index >= 15 is 0 Å². The van der Waals surface area contributed by atoms with Gasteiger partial charge in [-0.1, -0.05) is 17.3 Å². The van der Waals surface area contributed by atoms with Crippen molar-refractivity contribution < 1.29 is 18.5 Å². The number of oxazole rings is 1. The molecule has 4 rings (SSSR count). The van der Waals surface area contributed by atoms with Crippen molar-refractivity contribution in [2.45, 2.75) is 6.61 Å². The zero-order chi connectivity index (χ0) is 17.8. The maximum atomic E-state index is 12.3. The molecule has 0 aliphatic rings. The molecule has 8 nitrogen and oxygen atoms in total. The molecule has 0 saturated carbocycles. The van der Waals surface area contributed by atoms with Crippen LogP contribution in [-0.2, 0) is 11.3 Å². The summed E-state index contributed by atoms with van der Waals surface area (Å²) in [6.07, 6.45) is 5.88. The summed E-state index contributed by atoms with van der Waals surface area (Å²) in [5, 5.41) is 3.73. The monoisotopic (exact) mass is 348 g/mol. The molecular weight excluding hydrogens is 336 g/mol. The lowest BCUT2D eigenvalue weighted by molar-refractivity contribution is 0.0466. The van der Waals surface area contributed by atoms with Crippen LogP contribution in [0.15, 0.2) is 70.4 Å². The summed E-state index contributed by atoms with van der Waals surface area (Å²) in [4.78, 5) is 24.7. The number of pyridine rings is 2. The van der Waals surface area contributed by atoms with Crippen LogP contribution < -0.4 is 0 Å². The molecule has 0 radical (unpaired) electrons. The Kier molecular flexibility index (Phi) is 4.21. The third-order valence-corrected chi connectivity index (χ3v) is 3.55. The minimum Gasteiger partial charge on any atom is -0.456 e. The lowest BCUT2D eigenvalue weighted by Gasteiger charge is -2.05. The topological polar surface area (TPSA) is 104 Å². The maximum absolute atomic E-state index is 12.3. The Labute approximate surface area is 147 Å². The first-order valence-corrected chi connectivity index (χ1v) is 7.69.